The number of nitrogens with one attached hydrogen (secondary N) is 1. The molecule has 2 aromatic rings. The number of hydrogen-bond acceptors (Lipinski definition) is 4. The lowest BCUT2D eigenvalue weighted by Gasteiger charge is -2.20. The highest BCUT2D eigenvalue weighted by molar-refractivity contribution is 9.11. The fourth-order valence-corrected chi connectivity index (χ4v) is 3.17. The van der Waals surface area contributed by atoms with Crippen molar-refractivity contribution >= 4 is 43.5 Å². The summed E-state index contributed by atoms with van der Waals surface area (Å²) < 4.78 is 8.79. The van der Waals surface area contributed by atoms with Crippen LogP contribution in [0.2, 0.25) is 5.02 Å². The summed E-state index contributed by atoms with van der Waals surface area (Å²) in [4.78, 5) is 0. The highest BCUT2D eigenvalue weighted by Gasteiger charge is 2.23. The van der Waals surface area contributed by atoms with Gasteiger partial charge in [0, 0.05) is 16.1 Å². The van der Waals surface area contributed by atoms with Gasteiger partial charge in [-0.15, -0.1) is 0 Å². The molecule has 8 heteroatoms. The second-order valence-electron chi connectivity index (χ2n) is 4.36. The van der Waals surface area contributed by atoms with E-state index in [1.165, 1.54) is 0 Å². The van der Waals surface area contributed by atoms with Gasteiger partial charge >= 0.3 is 0 Å². The Bertz CT molecular complexity index is 620. The molecule has 0 fully saturated rings. The molecule has 1 heterocycles. The number of hydrazine groups is 1. The first-order valence-electron chi connectivity index (χ1n) is 6.19. The third kappa shape index (κ3) is 3.85. The molecule has 1 aromatic carbocycles. The predicted molar refractivity (Wildman–Crippen MR) is 90.1 cm³/mol. The fourth-order valence-electron chi connectivity index (χ4n) is 2.07. The number of halogens is 3. The molecule has 0 saturated carbocycles. The van der Waals surface area contributed by atoms with Gasteiger partial charge in [-0.05, 0) is 23.8 Å². The maximum absolute atomic E-state index is 6.29. The monoisotopic (exact) mass is 436 g/mol. The number of methoxy groups -OCH3 is 1. The minimum Gasteiger partial charge on any atom is -0.383 e. The first kappa shape index (κ1) is 16.9. The van der Waals surface area contributed by atoms with Crippen LogP contribution in [0.15, 0.2) is 33.3 Å². The van der Waals surface area contributed by atoms with Crippen molar-refractivity contribution in [3.05, 3.63) is 49.6 Å². The Labute approximate surface area is 145 Å². The van der Waals surface area contributed by atoms with Crippen LogP contribution in [-0.2, 0) is 11.3 Å². The molecule has 114 valence electrons. The molecule has 0 aliphatic carbocycles. The quantitative estimate of drug-likeness (QED) is 0.537. The highest BCUT2D eigenvalue weighted by Crippen LogP contribution is 2.33. The molecule has 0 aliphatic rings. The van der Waals surface area contributed by atoms with Crippen LogP contribution in [0.1, 0.15) is 17.3 Å². The van der Waals surface area contributed by atoms with Gasteiger partial charge in [0.15, 0.2) is 0 Å². The molecule has 1 atom stereocenters. The van der Waals surface area contributed by atoms with E-state index in [2.05, 4.69) is 42.4 Å². The number of aromatic nitrogens is 2. The summed E-state index contributed by atoms with van der Waals surface area (Å²) in [6, 6.07) is 5.60. The van der Waals surface area contributed by atoms with Crippen molar-refractivity contribution in [2.45, 2.75) is 12.6 Å². The maximum Gasteiger partial charge on any atom is 0.0904 e. The van der Waals surface area contributed by atoms with E-state index < -0.39 is 0 Å². The Morgan fingerprint density at radius 2 is 2.24 bits per heavy atom. The van der Waals surface area contributed by atoms with Crippen molar-refractivity contribution in [2.75, 3.05) is 13.7 Å². The van der Waals surface area contributed by atoms with E-state index in [9.17, 15) is 0 Å². The molecular formula is C13H15Br2ClN4O. The molecule has 0 spiro atoms. The molecule has 3 N–H and O–H groups in total. The third-order valence-corrected chi connectivity index (χ3v) is 4.56. The summed E-state index contributed by atoms with van der Waals surface area (Å²) in [5.41, 5.74) is 4.58. The van der Waals surface area contributed by atoms with Crippen molar-refractivity contribution in [1.29, 1.82) is 0 Å². The predicted octanol–water partition coefficient (Wildman–Crippen LogP) is 3.26. The van der Waals surface area contributed by atoms with Gasteiger partial charge in [0.1, 0.15) is 0 Å². The van der Waals surface area contributed by atoms with Gasteiger partial charge in [0.05, 0.1) is 36.1 Å². The molecule has 1 unspecified atom stereocenters. The van der Waals surface area contributed by atoms with Crippen molar-refractivity contribution in [3.63, 3.8) is 0 Å². The van der Waals surface area contributed by atoms with Crippen LogP contribution in [0.3, 0.4) is 0 Å². The van der Waals surface area contributed by atoms with E-state index in [0.29, 0.717) is 18.2 Å². The standard InChI is InChI=1S/C13H15Br2ClN4O/c1-21-5-4-20-13(11(16)7-18-20)12(19-17)9-6-8(14)2-3-10(9)15/h2-3,6-7,12,19H,4-5,17H2,1H3. The Morgan fingerprint density at radius 3 is 2.90 bits per heavy atom. The Balaban J connectivity index is 2.46. The van der Waals surface area contributed by atoms with Crippen LogP contribution < -0.4 is 11.3 Å². The van der Waals surface area contributed by atoms with Crippen LogP contribution in [0.4, 0.5) is 0 Å². The van der Waals surface area contributed by atoms with E-state index in [1.807, 2.05) is 18.2 Å². The van der Waals surface area contributed by atoms with Crippen molar-refractivity contribution in [3.8, 4) is 0 Å². The summed E-state index contributed by atoms with van der Waals surface area (Å²) in [7, 11) is 1.65. The van der Waals surface area contributed by atoms with Gasteiger partial charge in [-0.3, -0.25) is 10.5 Å². The molecule has 21 heavy (non-hydrogen) atoms. The normalized spacial score (nSPS) is 12.6. The zero-order valence-electron chi connectivity index (χ0n) is 11.3. The Kier molecular flexibility index (Phi) is 6.21. The SMILES string of the molecule is COCCn1ncc(Cl)c1C(NN)c1cc(Br)ccc1Br. The van der Waals surface area contributed by atoms with Crippen LogP contribution in [0.5, 0.6) is 0 Å². The van der Waals surface area contributed by atoms with Crippen LogP contribution in [-0.4, -0.2) is 23.5 Å². The fraction of sp³-hybridized carbons (Fsp3) is 0.308. The second-order valence-corrected chi connectivity index (χ2v) is 6.54. The average molecular weight is 439 g/mol. The number of nitrogens with zero attached hydrogens (tertiary/aromatic N) is 2. The number of rotatable bonds is 6. The number of nitrogens with two attached hydrogens (primary N) is 1. The molecular weight excluding hydrogens is 423 g/mol. The second kappa shape index (κ2) is 7.71. The smallest absolute Gasteiger partial charge is 0.0904 e. The van der Waals surface area contributed by atoms with Gasteiger partial charge in [0.25, 0.3) is 0 Å². The largest absolute Gasteiger partial charge is 0.383 e. The van der Waals surface area contributed by atoms with Gasteiger partial charge < -0.3 is 4.74 Å². The Morgan fingerprint density at radius 1 is 1.48 bits per heavy atom. The van der Waals surface area contributed by atoms with Gasteiger partial charge in [-0.1, -0.05) is 43.5 Å². The minimum absolute atomic E-state index is 0.288. The lowest BCUT2D eigenvalue weighted by Crippen LogP contribution is -2.31. The zero-order chi connectivity index (χ0) is 15.4. The first-order valence-corrected chi connectivity index (χ1v) is 8.16. The van der Waals surface area contributed by atoms with Crippen LogP contribution in [0, 0.1) is 0 Å². The van der Waals surface area contributed by atoms with E-state index in [0.717, 1.165) is 20.2 Å². The number of ether oxygens (including phenoxy) is 1. The lowest BCUT2D eigenvalue weighted by atomic mass is 10.0. The summed E-state index contributed by atoms with van der Waals surface area (Å²) in [5.74, 6) is 5.76. The summed E-state index contributed by atoms with van der Waals surface area (Å²) >= 11 is 13.3. The van der Waals surface area contributed by atoms with E-state index in [-0.39, 0.29) is 6.04 Å². The minimum atomic E-state index is -0.288. The topological polar surface area (TPSA) is 65.1 Å². The molecule has 0 aliphatic heterocycles. The van der Waals surface area contributed by atoms with E-state index >= 15 is 0 Å². The zero-order valence-corrected chi connectivity index (χ0v) is 15.2. The van der Waals surface area contributed by atoms with Gasteiger partial charge in [0.2, 0.25) is 0 Å². The number of hydrogen-bond donors (Lipinski definition) is 2. The number of benzene rings is 1. The summed E-state index contributed by atoms with van der Waals surface area (Å²) in [6.45, 7) is 1.14. The highest BCUT2D eigenvalue weighted by atomic mass is 79.9. The maximum atomic E-state index is 6.29. The average Bonchev–Trinajstić information content (AvgIpc) is 2.83. The van der Waals surface area contributed by atoms with E-state index in [4.69, 9.17) is 22.2 Å². The summed E-state index contributed by atoms with van der Waals surface area (Å²) in [5, 5.41) is 4.84. The molecule has 0 radical (unpaired) electrons. The molecule has 0 amide bonds. The summed E-state index contributed by atoms with van der Waals surface area (Å²) in [6.07, 6.45) is 1.61. The first-order chi connectivity index (χ1) is 10.1. The molecule has 2 rings (SSSR count). The van der Waals surface area contributed by atoms with Crippen molar-refractivity contribution in [2.24, 2.45) is 5.84 Å². The van der Waals surface area contributed by atoms with Gasteiger partial charge in [-0.25, -0.2) is 5.43 Å². The van der Waals surface area contributed by atoms with Crippen molar-refractivity contribution in [1.82, 2.24) is 15.2 Å². The van der Waals surface area contributed by atoms with Crippen molar-refractivity contribution < 1.29 is 4.74 Å². The van der Waals surface area contributed by atoms with E-state index in [1.54, 1.807) is 18.0 Å². The molecule has 0 bridgehead atoms. The lowest BCUT2D eigenvalue weighted by molar-refractivity contribution is 0.182. The third-order valence-electron chi connectivity index (χ3n) is 3.05. The van der Waals surface area contributed by atoms with Crippen LogP contribution >= 0.6 is 43.5 Å². The Hall–Kier alpha value is -0.440. The molecule has 1 aromatic heterocycles. The molecule has 5 nitrogen and oxygen atoms in total. The molecule has 0 saturated heterocycles. The van der Waals surface area contributed by atoms with Crippen LogP contribution in [0.25, 0.3) is 0 Å². The van der Waals surface area contributed by atoms with Gasteiger partial charge in [-0.2, -0.15) is 5.10 Å².